The maximum absolute atomic E-state index is 11.6. The van der Waals surface area contributed by atoms with Gasteiger partial charge in [-0.1, -0.05) is 41.4 Å². The Morgan fingerprint density at radius 1 is 1.11 bits per heavy atom. The lowest BCUT2D eigenvalue weighted by Crippen LogP contribution is -2.39. The summed E-state index contributed by atoms with van der Waals surface area (Å²) in [5, 5.41) is 23.1. The highest BCUT2D eigenvalue weighted by Gasteiger charge is 2.22. The van der Waals surface area contributed by atoms with Crippen molar-refractivity contribution in [1.82, 2.24) is 5.32 Å². The fourth-order valence-corrected chi connectivity index (χ4v) is 4.33. The fraction of sp³-hybridized carbons (Fsp3) is 0.269. The third-order valence-electron chi connectivity index (χ3n) is 5.46. The van der Waals surface area contributed by atoms with E-state index in [1.54, 1.807) is 12.1 Å². The maximum Gasteiger partial charge on any atom is 0.341 e. The van der Waals surface area contributed by atoms with Crippen LogP contribution in [0.5, 0.6) is 23.0 Å². The van der Waals surface area contributed by atoms with E-state index in [0.717, 1.165) is 29.9 Å². The molecule has 3 aromatic carbocycles. The zero-order valence-corrected chi connectivity index (χ0v) is 20.3. The first-order valence-corrected chi connectivity index (χ1v) is 11.9. The van der Waals surface area contributed by atoms with Crippen LogP contribution in [-0.4, -0.2) is 48.1 Å². The van der Waals surface area contributed by atoms with Gasteiger partial charge in [-0.2, -0.15) is 0 Å². The normalized spacial score (nSPS) is 15.6. The highest BCUT2D eigenvalue weighted by molar-refractivity contribution is 6.37. The van der Waals surface area contributed by atoms with Crippen molar-refractivity contribution in [2.24, 2.45) is 0 Å². The van der Waals surface area contributed by atoms with Crippen LogP contribution in [0.1, 0.15) is 22.3 Å². The topological polar surface area (TPSA) is 97.3 Å². The minimum atomic E-state index is -1.20. The Morgan fingerprint density at radius 2 is 1.91 bits per heavy atom. The number of aromatic carboxylic acids is 1. The molecule has 0 aromatic heterocycles. The summed E-state index contributed by atoms with van der Waals surface area (Å²) in [7, 11) is 0. The smallest absolute Gasteiger partial charge is 0.341 e. The summed E-state index contributed by atoms with van der Waals surface area (Å²) in [5.74, 6) is 0.801. The molecule has 184 valence electrons. The van der Waals surface area contributed by atoms with Gasteiger partial charge in [-0.05, 0) is 54.8 Å². The van der Waals surface area contributed by atoms with Crippen LogP contribution >= 0.6 is 23.2 Å². The molecular weight excluding hydrogens is 493 g/mol. The minimum Gasteiger partial charge on any atom is -0.491 e. The predicted molar refractivity (Wildman–Crippen MR) is 133 cm³/mol. The summed E-state index contributed by atoms with van der Waals surface area (Å²) in [5.41, 5.74) is 0.813. The zero-order chi connectivity index (χ0) is 24.8. The van der Waals surface area contributed by atoms with Crippen LogP contribution in [0, 0.1) is 0 Å². The Bertz CT molecular complexity index is 1170. The lowest BCUT2D eigenvalue weighted by atomic mass is 10.0. The van der Waals surface area contributed by atoms with Gasteiger partial charge >= 0.3 is 5.97 Å². The summed E-state index contributed by atoms with van der Waals surface area (Å²) in [4.78, 5) is 11.6. The second kappa shape index (κ2) is 11.6. The monoisotopic (exact) mass is 517 g/mol. The van der Waals surface area contributed by atoms with Gasteiger partial charge in [0.05, 0.1) is 5.02 Å². The molecule has 2 atom stereocenters. The van der Waals surface area contributed by atoms with E-state index in [9.17, 15) is 15.0 Å². The van der Waals surface area contributed by atoms with E-state index >= 15 is 0 Å². The second-order valence-corrected chi connectivity index (χ2v) is 9.00. The van der Waals surface area contributed by atoms with Crippen LogP contribution in [0.25, 0.3) is 0 Å². The Hall–Kier alpha value is -2.97. The van der Waals surface area contributed by atoms with E-state index in [1.807, 2.05) is 36.4 Å². The Morgan fingerprint density at radius 3 is 2.69 bits per heavy atom. The van der Waals surface area contributed by atoms with Crippen LogP contribution in [0.3, 0.4) is 0 Å². The van der Waals surface area contributed by atoms with Crippen molar-refractivity contribution in [3.05, 3.63) is 81.8 Å². The van der Waals surface area contributed by atoms with Gasteiger partial charge in [-0.25, -0.2) is 4.79 Å². The van der Waals surface area contributed by atoms with E-state index in [-0.39, 0.29) is 34.1 Å². The van der Waals surface area contributed by atoms with Gasteiger partial charge in [0, 0.05) is 24.2 Å². The van der Waals surface area contributed by atoms with Gasteiger partial charge in [-0.3, -0.25) is 0 Å². The Balaban J connectivity index is 1.29. The number of para-hydroxylation sites is 1. The number of rotatable bonds is 10. The number of benzene rings is 3. The summed E-state index contributed by atoms with van der Waals surface area (Å²) in [6.45, 7) is 1.18. The number of ether oxygens (including phenoxy) is 3. The molecule has 1 aliphatic rings. The molecule has 1 heterocycles. The van der Waals surface area contributed by atoms with E-state index in [1.165, 1.54) is 12.1 Å². The third-order valence-corrected chi connectivity index (χ3v) is 5.98. The van der Waals surface area contributed by atoms with Gasteiger partial charge < -0.3 is 29.7 Å². The number of nitrogens with one attached hydrogen (secondary N) is 1. The fourth-order valence-electron chi connectivity index (χ4n) is 3.77. The molecule has 0 spiro atoms. The summed E-state index contributed by atoms with van der Waals surface area (Å²) >= 11 is 12.1. The van der Waals surface area contributed by atoms with Crippen molar-refractivity contribution in [3.63, 3.8) is 0 Å². The van der Waals surface area contributed by atoms with Crippen LogP contribution in [0.4, 0.5) is 0 Å². The standard InChI is InChI=1S/C26H25Cl2NO6/c27-17-11-22(28)25(26(31)32)24(12-17)34-20-8-9-23-16(10-20)6-7-21(35-23)14-29-13-18(30)15-33-19-4-2-1-3-5-19/h1-5,8-12,18,21,29-30H,6-7,13-15H2,(H,31,32)/t18-,21+/m0/s1. The van der Waals surface area contributed by atoms with E-state index in [0.29, 0.717) is 18.8 Å². The predicted octanol–water partition coefficient (Wildman–Crippen LogP) is 5.21. The number of fused-ring (bicyclic) bond motifs is 1. The van der Waals surface area contributed by atoms with E-state index in [2.05, 4.69) is 5.32 Å². The zero-order valence-electron chi connectivity index (χ0n) is 18.7. The van der Waals surface area contributed by atoms with Crippen LogP contribution < -0.4 is 19.5 Å². The number of halogens is 2. The molecular formula is C26H25Cl2NO6. The summed E-state index contributed by atoms with van der Waals surface area (Å²) in [6, 6.07) is 17.5. The first-order valence-electron chi connectivity index (χ1n) is 11.2. The molecule has 4 rings (SSSR count). The van der Waals surface area contributed by atoms with Crippen molar-refractivity contribution >= 4 is 29.2 Å². The number of carboxylic acids is 1. The lowest BCUT2D eigenvalue weighted by Gasteiger charge is -2.27. The SMILES string of the molecule is O=C(O)c1c(Cl)cc(Cl)cc1Oc1ccc2c(c1)CC[C@H](CNC[C@H](O)COc1ccccc1)O2. The average Bonchev–Trinajstić information content (AvgIpc) is 2.83. The molecule has 0 saturated carbocycles. The summed E-state index contributed by atoms with van der Waals surface area (Å²) in [6.07, 6.45) is 0.868. The Labute approximate surface area is 213 Å². The quantitative estimate of drug-likeness (QED) is 0.339. The van der Waals surface area contributed by atoms with Crippen molar-refractivity contribution in [2.45, 2.75) is 25.0 Å². The number of hydrogen-bond donors (Lipinski definition) is 3. The van der Waals surface area contributed by atoms with Crippen molar-refractivity contribution in [1.29, 1.82) is 0 Å². The molecule has 0 aliphatic carbocycles. The van der Waals surface area contributed by atoms with Gasteiger partial charge in [0.25, 0.3) is 0 Å². The lowest BCUT2D eigenvalue weighted by molar-refractivity contribution is 0.0694. The van der Waals surface area contributed by atoms with Crippen LogP contribution in [0.15, 0.2) is 60.7 Å². The molecule has 1 aliphatic heterocycles. The van der Waals surface area contributed by atoms with Gasteiger partial charge in [-0.15, -0.1) is 0 Å². The number of aliphatic hydroxyl groups excluding tert-OH is 1. The minimum absolute atomic E-state index is 0.00776. The number of aryl methyl sites for hydroxylation is 1. The highest BCUT2D eigenvalue weighted by Crippen LogP contribution is 2.37. The van der Waals surface area contributed by atoms with E-state index in [4.69, 9.17) is 37.4 Å². The second-order valence-electron chi connectivity index (χ2n) is 8.15. The van der Waals surface area contributed by atoms with Crippen molar-refractivity contribution < 1.29 is 29.2 Å². The molecule has 7 nitrogen and oxygen atoms in total. The largest absolute Gasteiger partial charge is 0.491 e. The van der Waals surface area contributed by atoms with Gasteiger partial charge in [0.2, 0.25) is 0 Å². The van der Waals surface area contributed by atoms with Crippen LogP contribution in [0.2, 0.25) is 10.0 Å². The molecule has 35 heavy (non-hydrogen) atoms. The molecule has 0 unspecified atom stereocenters. The first kappa shape index (κ1) is 25.1. The first-order chi connectivity index (χ1) is 16.9. The molecule has 3 aromatic rings. The van der Waals surface area contributed by atoms with Gasteiger partial charge in [0.15, 0.2) is 0 Å². The third kappa shape index (κ3) is 6.80. The molecule has 0 bridgehead atoms. The highest BCUT2D eigenvalue weighted by atomic mass is 35.5. The molecule has 0 radical (unpaired) electrons. The number of carboxylic acid groups (broad SMARTS) is 1. The molecule has 3 N–H and O–H groups in total. The maximum atomic E-state index is 11.6. The number of carbonyl (C=O) groups is 1. The van der Waals surface area contributed by atoms with E-state index < -0.39 is 12.1 Å². The molecule has 0 fully saturated rings. The molecule has 9 heteroatoms. The summed E-state index contributed by atoms with van der Waals surface area (Å²) < 4.78 is 17.5. The average molecular weight is 518 g/mol. The Kier molecular flexibility index (Phi) is 8.36. The number of hydrogen-bond acceptors (Lipinski definition) is 6. The molecule has 0 saturated heterocycles. The van der Waals surface area contributed by atoms with Crippen molar-refractivity contribution in [2.75, 3.05) is 19.7 Å². The molecule has 0 amide bonds. The van der Waals surface area contributed by atoms with Crippen LogP contribution in [-0.2, 0) is 6.42 Å². The number of aliphatic hydroxyl groups is 1. The van der Waals surface area contributed by atoms with Crippen molar-refractivity contribution in [3.8, 4) is 23.0 Å². The van der Waals surface area contributed by atoms with Gasteiger partial charge in [0.1, 0.15) is 47.4 Å².